The lowest BCUT2D eigenvalue weighted by atomic mass is 9.86. The average molecular weight is 259 g/mol. The van der Waals surface area contributed by atoms with Crippen LogP contribution in [0.1, 0.15) is 58.3 Å². The lowest BCUT2D eigenvalue weighted by Gasteiger charge is -2.19. The van der Waals surface area contributed by atoms with E-state index in [-0.39, 0.29) is 5.41 Å². The van der Waals surface area contributed by atoms with Gasteiger partial charge in [0.25, 0.3) is 0 Å². The van der Waals surface area contributed by atoms with Crippen molar-refractivity contribution in [2.75, 3.05) is 0 Å². The zero-order valence-electron chi connectivity index (χ0n) is 12.7. The predicted octanol–water partition coefficient (Wildman–Crippen LogP) is 4.40. The Morgan fingerprint density at radius 3 is 2.47 bits per heavy atom. The van der Waals surface area contributed by atoms with Gasteiger partial charge in [-0.3, -0.25) is 0 Å². The summed E-state index contributed by atoms with van der Waals surface area (Å²) in [5.74, 6) is 0. The van der Waals surface area contributed by atoms with E-state index in [1.165, 1.54) is 16.5 Å². The maximum Gasteiger partial charge on any atom is 0.0782 e. The standard InChI is InChI=1S/C17H25NO/c1-6-9-18-11-15(12(2)19)14-10-13(17(3,4)5)7-8-16(14)18/h7-8,10-12,19H,6,9H2,1-5H3. The van der Waals surface area contributed by atoms with E-state index < -0.39 is 6.10 Å². The molecule has 0 aliphatic rings. The fourth-order valence-corrected chi connectivity index (χ4v) is 2.55. The van der Waals surface area contributed by atoms with Crippen molar-refractivity contribution in [2.24, 2.45) is 0 Å². The van der Waals surface area contributed by atoms with Crippen LogP contribution in [-0.4, -0.2) is 9.67 Å². The molecule has 0 saturated carbocycles. The third-order valence-electron chi connectivity index (χ3n) is 3.69. The van der Waals surface area contributed by atoms with Crippen molar-refractivity contribution in [3.63, 3.8) is 0 Å². The fraction of sp³-hybridized carbons (Fsp3) is 0.529. The Morgan fingerprint density at radius 1 is 1.26 bits per heavy atom. The molecule has 0 radical (unpaired) electrons. The maximum absolute atomic E-state index is 9.98. The number of aliphatic hydroxyl groups excluding tert-OH is 1. The summed E-state index contributed by atoms with van der Waals surface area (Å²) in [4.78, 5) is 0. The van der Waals surface area contributed by atoms with Gasteiger partial charge in [-0.15, -0.1) is 0 Å². The molecule has 0 aliphatic heterocycles. The summed E-state index contributed by atoms with van der Waals surface area (Å²) in [6.07, 6.45) is 2.78. The highest BCUT2D eigenvalue weighted by Crippen LogP contribution is 2.31. The van der Waals surface area contributed by atoms with Crippen molar-refractivity contribution < 1.29 is 5.11 Å². The van der Waals surface area contributed by atoms with E-state index in [1.54, 1.807) is 0 Å². The second-order valence-electron chi connectivity index (χ2n) is 6.44. The zero-order chi connectivity index (χ0) is 14.2. The Hall–Kier alpha value is -1.28. The van der Waals surface area contributed by atoms with Crippen molar-refractivity contribution >= 4 is 10.9 Å². The number of hydrogen-bond donors (Lipinski definition) is 1. The normalized spacial score (nSPS) is 14.0. The van der Waals surface area contributed by atoms with Crippen molar-refractivity contribution in [3.8, 4) is 0 Å². The third kappa shape index (κ3) is 2.69. The van der Waals surface area contributed by atoms with Gasteiger partial charge in [0, 0.05) is 29.2 Å². The van der Waals surface area contributed by atoms with Crippen LogP contribution in [-0.2, 0) is 12.0 Å². The molecule has 0 fully saturated rings. The number of aliphatic hydroxyl groups is 1. The van der Waals surface area contributed by atoms with E-state index in [1.807, 2.05) is 6.92 Å². The molecule has 1 aromatic heterocycles. The number of aromatic nitrogens is 1. The molecular weight excluding hydrogens is 234 g/mol. The number of nitrogens with zero attached hydrogens (tertiary/aromatic N) is 1. The molecule has 1 aromatic carbocycles. The van der Waals surface area contributed by atoms with Crippen molar-refractivity contribution in [1.29, 1.82) is 0 Å². The molecule has 1 N–H and O–H groups in total. The Balaban J connectivity index is 2.66. The largest absolute Gasteiger partial charge is 0.389 e. The summed E-state index contributed by atoms with van der Waals surface area (Å²) in [5.41, 5.74) is 3.72. The van der Waals surface area contributed by atoms with Gasteiger partial charge < -0.3 is 9.67 Å². The summed E-state index contributed by atoms with van der Waals surface area (Å²) >= 11 is 0. The van der Waals surface area contributed by atoms with Crippen LogP contribution in [0.4, 0.5) is 0 Å². The van der Waals surface area contributed by atoms with Gasteiger partial charge in [-0.2, -0.15) is 0 Å². The van der Waals surface area contributed by atoms with Crippen LogP contribution >= 0.6 is 0 Å². The Kier molecular flexibility index (Phi) is 3.73. The van der Waals surface area contributed by atoms with Gasteiger partial charge in [0.2, 0.25) is 0 Å². The minimum Gasteiger partial charge on any atom is -0.389 e. The van der Waals surface area contributed by atoms with Crippen LogP contribution in [0.25, 0.3) is 10.9 Å². The molecule has 2 nitrogen and oxygen atoms in total. The van der Waals surface area contributed by atoms with Crippen molar-refractivity contribution in [3.05, 3.63) is 35.5 Å². The predicted molar refractivity (Wildman–Crippen MR) is 81.6 cm³/mol. The van der Waals surface area contributed by atoms with Crippen LogP contribution in [0.5, 0.6) is 0 Å². The number of benzene rings is 1. The monoisotopic (exact) mass is 259 g/mol. The van der Waals surface area contributed by atoms with Gasteiger partial charge in [0.1, 0.15) is 0 Å². The lowest BCUT2D eigenvalue weighted by molar-refractivity contribution is 0.200. The smallest absolute Gasteiger partial charge is 0.0782 e. The Bertz CT molecular complexity index is 573. The maximum atomic E-state index is 9.98. The van der Waals surface area contributed by atoms with Crippen LogP contribution in [0, 0.1) is 0 Å². The zero-order valence-corrected chi connectivity index (χ0v) is 12.7. The molecule has 0 amide bonds. The first-order valence-electron chi connectivity index (χ1n) is 7.16. The average Bonchev–Trinajstić information content (AvgIpc) is 2.67. The summed E-state index contributed by atoms with van der Waals surface area (Å²) in [6.45, 7) is 11.7. The molecular formula is C17H25NO. The topological polar surface area (TPSA) is 25.2 Å². The second-order valence-corrected chi connectivity index (χ2v) is 6.44. The van der Waals surface area contributed by atoms with Gasteiger partial charge in [0.15, 0.2) is 0 Å². The molecule has 1 atom stereocenters. The first-order chi connectivity index (χ1) is 8.84. The second kappa shape index (κ2) is 5.01. The highest BCUT2D eigenvalue weighted by molar-refractivity contribution is 5.85. The van der Waals surface area contributed by atoms with Crippen LogP contribution in [0.2, 0.25) is 0 Å². The third-order valence-corrected chi connectivity index (χ3v) is 3.69. The minimum atomic E-state index is -0.421. The summed E-state index contributed by atoms with van der Waals surface area (Å²) in [6, 6.07) is 6.64. The molecule has 104 valence electrons. The van der Waals surface area contributed by atoms with E-state index in [9.17, 15) is 5.11 Å². The molecule has 1 unspecified atom stereocenters. The van der Waals surface area contributed by atoms with Crippen molar-refractivity contribution in [1.82, 2.24) is 4.57 Å². The van der Waals surface area contributed by atoms with Crippen LogP contribution < -0.4 is 0 Å². The van der Waals surface area contributed by atoms with Gasteiger partial charge in [-0.1, -0.05) is 33.8 Å². The van der Waals surface area contributed by atoms with E-state index in [0.717, 1.165) is 18.5 Å². The molecule has 0 aliphatic carbocycles. The van der Waals surface area contributed by atoms with Gasteiger partial charge >= 0.3 is 0 Å². The SMILES string of the molecule is CCCn1cc(C(C)O)c2cc(C(C)(C)C)ccc21. The Morgan fingerprint density at radius 2 is 1.95 bits per heavy atom. The van der Waals surface area contributed by atoms with E-state index in [0.29, 0.717) is 0 Å². The molecule has 2 heteroatoms. The van der Waals surface area contributed by atoms with Crippen LogP contribution in [0.15, 0.2) is 24.4 Å². The molecule has 1 heterocycles. The lowest BCUT2D eigenvalue weighted by Crippen LogP contribution is -2.10. The summed E-state index contributed by atoms with van der Waals surface area (Å²) in [5, 5.41) is 11.2. The highest BCUT2D eigenvalue weighted by Gasteiger charge is 2.17. The molecule has 2 rings (SSSR count). The number of aryl methyl sites for hydroxylation is 1. The first kappa shape index (κ1) is 14.1. The Labute approximate surface area is 116 Å². The molecule has 2 aromatic rings. The quantitative estimate of drug-likeness (QED) is 0.868. The summed E-state index contributed by atoms with van der Waals surface area (Å²) < 4.78 is 2.25. The highest BCUT2D eigenvalue weighted by atomic mass is 16.3. The van der Waals surface area contributed by atoms with E-state index >= 15 is 0 Å². The van der Waals surface area contributed by atoms with Gasteiger partial charge in [-0.05, 0) is 36.5 Å². The summed E-state index contributed by atoms with van der Waals surface area (Å²) in [7, 11) is 0. The fourth-order valence-electron chi connectivity index (χ4n) is 2.55. The van der Waals surface area contributed by atoms with E-state index in [2.05, 4.69) is 56.7 Å². The van der Waals surface area contributed by atoms with Gasteiger partial charge in [0.05, 0.1) is 6.10 Å². The van der Waals surface area contributed by atoms with Gasteiger partial charge in [-0.25, -0.2) is 0 Å². The van der Waals surface area contributed by atoms with Crippen LogP contribution in [0.3, 0.4) is 0 Å². The number of rotatable bonds is 3. The molecule has 0 spiro atoms. The minimum absolute atomic E-state index is 0.136. The molecule has 0 saturated heterocycles. The molecule has 0 bridgehead atoms. The van der Waals surface area contributed by atoms with Crippen molar-refractivity contribution in [2.45, 2.75) is 59.1 Å². The number of fused-ring (bicyclic) bond motifs is 1. The van der Waals surface area contributed by atoms with E-state index in [4.69, 9.17) is 0 Å². The first-order valence-corrected chi connectivity index (χ1v) is 7.16. The molecule has 19 heavy (non-hydrogen) atoms. The number of hydrogen-bond acceptors (Lipinski definition) is 1.